The molecule has 24 heavy (non-hydrogen) atoms. The summed E-state index contributed by atoms with van der Waals surface area (Å²) in [4.78, 5) is 12.5. The average Bonchev–Trinajstić information content (AvgIpc) is 2.92. The normalized spacial score (nSPS) is 29.3. The van der Waals surface area contributed by atoms with Crippen molar-refractivity contribution in [3.05, 3.63) is 48.0 Å². The third kappa shape index (κ3) is 2.10. The molecule has 0 radical (unpaired) electrons. The lowest BCUT2D eigenvalue weighted by Gasteiger charge is -2.34. The van der Waals surface area contributed by atoms with E-state index in [-0.39, 0.29) is 16.7 Å². The lowest BCUT2D eigenvalue weighted by molar-refractivity contribution is 0.0954. The maximum atomic E-state index is 12.5. The van der Waals surface area contributed by atoms with Crippen molar-refractivity contribution in [3.63, 3.8) is 0 Å². The fourth-order valence-corrected chi connectivity index (χ4v) is 4.61. The van der Waals surface area contributed by atoms with Crippen LogP contribution in [0.4, 0.5) is 0 Å². The van der Waals surface area contributed by atoms with Crippen molar-refractivity contribution >= 4 is 22.4 Å². The highest BCUT2D eigenvalue weighted by Gasteiger charge is 2.59. The van der Waals surface area contributed by atoms with Crippen LogP contribution >= 0.6 is 0 Å². The van der Waals surface area contributed by atoms with Crippen molar-refractivity contribution in [1.29, 1.82) is 0 Å². The van der Waals surface area contributed by atoms with Gasteiger partial charge in [-0.15, -0.1) is 0 Å². The molecule has 124 valence electrons. The second-order valence-corrected chi connectivity index (χ2v) is 8.05. The van der Waals surface area contributed by atoms with Crippen LogP contribution in [0.5, 0.6) is 0 Å². The van der Waals surface area contributed by atoms with Gasteiger partial charge in [0.25, 0.3) is 5.91 Å². The van der Waals surface area contributed by atoms with Gasteiger partial charge in [0, 0.05) is 16.7 Å². The third-order valence-electron chi connectivity index (χ3n) is 6.82. The Labute approximate surface area is 143 Å². The quantitative estimate of drug-likeness (QED) is 0.796. The zero-order valence-electron chi connectivity index (χ0n) is 14.6. The van der Waals surface area contributed by atoms with Crippen LogP contribution in [0.25, 0.3) is 10.8 Å². The van der Waals surface area contributed by atoms with E-state index in [4.69, 9.17) is 0 Å². The minimum atomic E-state index is -0.127. The summed E-state index contributed by atoms with van der Waals surface area (Å²) < 4.78 is 0. The van der Waals surface area contributed by atoms with Crippen LogP contribution in [-0.2, 0) is 0 Å². The molecule has 0 unspecified atom stereocenters. The topological polar surface area (TPSA) is 41.5 Å². The number of nitrogens with zero attached hydrogens (tertiary/aromatic N) is 1. The first kappa shape index (κ1) is 15.4. The Morgan fingerprint density at radius 2 is 1.88 bits per heavy atom. The van der Waals surface area contributed by atoms with E-state index in [1.165, 1.54) is 12.8 Å². The zero-order valence-corrected chi connectivity index (χ0v) is 14.6. The molecule has 2 aromatic carbocycles. The number of benzene rings is 2. The fraction of sp³-hybridized carbons (Fsp3) is 0.429. The number of nitrogens with one attached hydrogen (secondary N) is 1. The number of fused-ring (bicyclic) bond motifs is 3. The Kier molecular flexibility index (Phi) is 3.31. The summed E-state index contributed by atoms with van der Waals surface area (Å²) in [6, 6.07) is 13.8. The summed E-state index contributed by atoms with van der Waals surface area (Å²) in [5, 5.41) is 6.76. The van der Waals surface area contributed by atoms with Gasteiger partial charge in [-0.2, -0.15) is 5.10 Å². The third-order valence-corrected chi connectivity index (χ3v) is 6.82. The summed E-state index contributed by atoms with van der Waals surface area (Å²) in [6.45, 7) is 7.00. The van der Waals surface area contributed by atoms with E-state index in [0.717, 1.165) is 22.9 Å². The number of hydrogen-bond acceptors (Lipinski definition) is 2. The van der Waals surface area contributed by atoms with Crippen molar-refractivity contribution < 1.29 is 4.79 Å². The smallest absolute Gasteiger partial charge is 0.267 e. The number of carbonyl (C=O) groups excluding carboxylic acids is 1. The van der Waals surface area contributed by atoms with Gasteiger partial charge >= 0.3 is 0 Å². The van der Waals surface area contributed by atoms with Crippen LogP contribution in [0, 0.1) is 16.7 Å². The van der Waals surface area contributed by atoms with Gasteiger partial charge in [-0.3, -0.25) is 4.79 Å². The van der Waals surface area contributed by atoms with E-state index in [9.17, 15) is 4.79 Å². The molecule has 2 fully saturated rings. The molecule has 2 aromatic rings. The highest BCUT2D eigenvalue weighted by molar-refractivity contribution is 6.00. The molecule has 0 heterocycles. The minimum Gasteiger partial charge on any atom is -0.267 e. The van der Waals surface area contributed by atoms with Crippen LogP contribution in [-0.4, -0.2) is 11.6 Å². The van der Waals surface area contributed by atoms with Crippen molar-refractivity contribution in [1.82, 2.24) is 5.43 Å². The molecule has 4 rings (SSSR count). The van der Waals surface area contributed by atoms with Crippen LogP contribution < -0.4 is 5.43 Å². The Morgan fingerprint density at radius 3 is 2.54 bits per heavy atom. The number of amides is 1. The molecule has 0 aliphatic heterocycles. The van der Waals surface area contributed by atoms with Crippen molar-refractivity contribution in [2.45, 2.75) is 40.0 Å². The summed E-state index contributed by atoms with van der Waals surface area (Å²) in [6.07, 6.45) is 3.47. The van der Waals surface area contributed by atoms with Crippen LogP contribution in [0.1, 0.15) is 50.4 Å². The molecule has 1 amide bonds. The largest absolute Gasteiger partial charge is 0.271 e. The highest BCUT2D eigenvalue weighted by atomic mass is 16.2. The second kappa shape index (κ2) is 5.17. The number of rotatable bonds is 2. The first-order valence-electron chi connectivity index (χ1n) is 8.78. The predicted octanol–water partition coefficient (Wildman–Crippen LogP) is 4.77. The predicted molar refractivity (Wildman–Crippen MR) is 98.1 cm³/mol. The van der Waals surface area contributed by atoms with E-state index in [1.807, 2.05) is 36.4 Å². The Morgan fingerprint density at radius 1 is 1.12 bits per heavy atom. The molecular formula is C21H24N2O. The van der Waals surface area contributed by atoms with Gasteiger partial charge in [0.05, 0.1) is 0 Å². The van der Waals surface area contributed by atoms with Crippen molar-refractivity contribution in [3.8, 4) is 0 Å². The molecule has 2 saturated carbocycles. The number of hydrogen-bond donors (Lipinski definition) is 1. The molecule has 0 spiro atoms. The molecule has 0 saturated heterocycles. The molecule has 3 nitrogen and oxygen atoms in total. The van der Waals surface area contributed by atoms with Gasteiger partial charge in [-0.05, 0) is 53.5 Å². The molecule has 2 aliphatic carbocycles. The van der Waals surface area contributed by atoms with E-state index in [0.29, 0.717) is 11.5 Å². The van der Waals surface area contributed by atoms with Crippen molar-refractivity contribution in [2.75, 3.05) is 0 Å². The highest BCUT2D eigenvalue weighted by Crippen LogP contribution is 2.63. The summed E-state index contributed by atoms with van der Waals surface area (Å²) >= 11 is 0. The first-order valence-corrected chi connectivity index (χ1v) is 8.78. The van der Waals surface area contributed by atoms with Gasteiger partial charge in [0.15, 0.2) is 0 Å². The van der Waals surface area contributed by atoms with Gasteiger partial charge in [0.1, 0.15) is 0 Å². The SMILES string of the molecule is CC1(C)[C@@H]2CC[C@]1(C)/C(=N/NC(=O)c1ccc3ccccc3c1)C2. The molecule has 1 N–H and O–H groups in total. The van der Waals surface area contributed by atoms with Crippen molar-refractivity contribution in [2.24, 2.45) is 21.8 Å². The summed E-state index contributed by atoms with van der Waals surface area (Å²) in [5.74, 6) is 0.566. The zero-order chi connectivity index (χ0) is 16.9. The lowest BCUT2D eigenvalue weighted by Crippen LogP contribution is -2.34. The maximum absolute atomic E-state index is 12.5. The Balaban J connectivity index is 1.56. The summed E-state index contributed by atoms with van der Waals surface area (Å²) in [7, 11) is 0. The number of hydrazone groups is 1. The Bertz CT molecular complexity index is 852. The van der Waals surface area contributed by atoms with Crippen LogP contribution in [0.15, 0.2) is 47.6 Å². The minimum absolute atomic E-state index is 0.119. The molecule has 3 heteroatoms. The molecule has 0 aromatic heterocycles. The van der Waals surface area contributed by atoms with E-state index >= 15 is 0 Å². The second-order valence-electron chi connectivity index (χ2n) is 8.05. The van der Waals surface area contributed by atoms with Gasteiger partial charge in [-0.1, -0.05) is 51.1 Å². The fourth-order valence-electron chi connectivity index (χ4n) is 4.61. The maximum Gasteiger partial charge on any atom is 0.271 e. The van der Waals surface area contributed by atoms with Gasteiger partial charge in [-0.25, -0.2) is 5.43 Å². The van der Waals surface area contributed by atoms with E-state index in [2.05, 4.69) is 37.4 Å². The molecular weight excluding hydrogens is 296 g/mol. The van der Waals surface area contributed by atoms with E-state index in [1.54, 1.807) is 0 Å². The van der Waals surface area contributed by atoms with E-state index < -0.39 is 0 Å². The summed E-state index contributed by atoms with van der Waals surface area (Å²) in [5.41, 5.74) is 5.02. The lowest BCUT2D eigenvalue weighted by atomic mass is 9.70. The molecule has 2 aliphatic rings. The molecule has 2 bridgehead atoms. The van der Waals surface area contributed by atoms with Gasteiger partial charge < -0.3 is 0 Å². The monoisotopic (exact) mass is 320 g/mol. The molecule has 2 atom stereocenters. The van der Waals surface area contributed by atoms with Gasteiger partial charge in [0.2, 0.25) is 0 Å². The Hall–Kier alpha value is -2.16. The number of carbonyl (C=O) groups is 1. The standard InChI is InChI=1S/C21H24N2O/c1-20(2)17-10-11-21(20,3)18(13-17)22-23-19(24)16-9-8-14-6-4-5-7-15(14)12-16/h4-9,12,17H,10-11,13H2,1-3H3,(H,23,24)/b22-18+/t17-,21-/m1/s1. The first-order chi connectivity index (χ1) is 11.4. The van der Waals surface area contributed by atoms with Crippen LogP contribution in [0.3, 0.4) is 0 Å². The van der Waals surface area contributed by atoms with Crippen LogP contribution in [0.2, 0.25) is 0 Å². The average molecular weight is 320 g/mol.